The predicted molar refractivity (Wildman–Crippen MR) is 90.6 cm³/mol. The van der Waals surface area contributed by atoms with E-state index in [2.05, 4.69) is 45.0 Å². The molecule has 21 heavy (non-hydrogen) atoms. The molecule has 1 atom stereocenters. The van der Waals surface area contributed by atoms with Crippen LogP contribution in [0.15, 0.2) is 24.3 Å². The number of hydrogen-bond acceptors (Lipinski definition) is 1. The number of aliphatic hydroxyl groups is 1. The quantitative estimate of drug-likeness (QED) is 0.751. The number of hydrogen-bond donors (Lipinski definition) is 1. The highest BCUT2D eigenvalue weighted by Gasteiger charge is 2.26. The first-order valence-electron chi connectivity index (χ1n) is 8.87. The van der Waals surface area contributed by atoms with Gasteiger partial charge in [-0.2, -0.15) is 0 Å². The van der Waals surface area contributed by atoms with E-state index in [9.17, 15) is 5.11 Å². The maximum Gasteiger partial charge on any atom is 0.0608 e. The Morgan fingerprint density at radius 3 is 2.19 bits per heavy atom. The molecule has 0 spiro atoms. The summed E-state index contributed by atoms with van der Waals surface area (Å²) >= 11 is 0. The molecule has 0 bridgehead atoms. The molecule has 1 aromatic rings. The molecule has 1 N–H and O–H groups in total. The zero-order chi connectivity index (χ0) is 15.2. The minimum Gasteiger partial charge on any atom is -0.392 e. The van der Waals surface area contributed by atoms with Gasteiger partial charge in [0.15, 0.2) is 0 Å². The Morgan fingerprint density at radius 2 is 1.67 bits per heavy atom. The molecule has 0 heterocycles. The standard InChI is InChI=1S/C20H32O/c1-4-5-16-6-12-19(13-7-16)20(21)14-17-8-10-18(11-9-17)15(2)3/h8-11,15-16,19-21H,4-7,12-14H2,1-3H3. The van der Waals surface area contributed by atoms with Gasteiger partial charge in [-0.15, -0.1) is 0 Å². The molecule has 1 saturated carbocycles. The van der Waals surface area contributed by atoms with Crippen molar-refractivity contribution >= 4 is 0 Å². The highest BCUT2D eigenvalue weighted by atomic mass is 16.3. The van der Waals surface area contributed by atoms with Gasteiger partial charge in [0.05, 0.1) is 6.10 Å². The van der Waals surface area contributed by atoms with Crippen LogP contribution in [0.5, 0.6) is 0 Å². The Bertz CT molecular complexity index is 398. The van der Waals surface area contributed by atoms with Crippen molar-refractivity contribution in [2.75, 3.05) is 0 Å². The minimum atomic E-state index is -0.155. The summed E-state index contributed by atoms with van der Waals surface area (Å²) in [7, 11) is 0. The van der Waals surface area contributed by atoms with Crippen molar-refractivity contribution in [1.29, 1.82) is 0 Å². The second kappa shape index (κ2) is 7.98. The summed E-state index contributed by atoms with van der Waals surface area (Å²) in [6.07, 6.45) is 8.42. The van der Waals surface area contributed by atoms with Crippen LogP contribution in [-0.4, -0.2) is 11.2 Å². The van der Waals surface area contributed by atoms with Gasteiger partial charge >= 0.3 is 0 Å². The summed E-state index contributed by atoms with van der Waals surface area (Å²) in [5.74, 6) is 2.02. The lowest BCUT2D eigenvalue weighted by Gasteiger charge is -2.31. The van der Waals surface area contributed by atoms with Gasteiger partial charge in [-0.3, -0.25) is 0 Å². The maximum atomic E-state index is 10.5. The summed E-state index contributed by atoms with van der Waals surface area (Å²) in [6.45, 7) is 6.72. The van der Waals surface area contributed by atoms with Crippen LogP contribution in [0.3, 0.4) is 0 Å². The Balaban J connectivity index is 1.83. The van der Waals surface area contributed by atoms with Gasteiger partial charge in [-0.05, 0) is 48.1 Å². The summed E-state index contributed by atoms with van der Waals surface area (Å²) in [5, 5.41) is 10.5. The van der Waals surface area contributed by atoms with Crippen LogP contribution in [0.2, 0.25) is 0 Å². The molecule has 0 amide bonds. The van der Waals surface area contributed by atoms with Crippen LogP contribution in [-0.2, 0) is 6.42 Å². The molecule has 1 aliphatic carbocycles. The lowest BCUT2D eigenvalue weighted by atomic mass is 9.77. The molecule has 1 aliphatic rings. The SMILES string of the molecule is CCCC1CCC(C(O)Cc2ccc(C(C)C)cc2)CC1. The van der Waals surface area contributed by atoms with E-state index in [1.807, 2.05) is 0 Å². The second-order valence-corrected chi connectivity index (χ2v) is 7.24. The van der Waals surface area contributed by atoms with Crippen molar-refractivity contribution in [2.24, 2.45) is 11.8 Å². The fraction of sp³-hybridized carbons (Fsp3) is 0.700. The maximum absolute atomic E-state index is 10.5. The fourth-order valence-electron chi connectivity index (χ4n) is 3.72. The highest BCUT2D eigenvalue weighted by molar-refractivity contribution is 5.25. The Labute approximate surface area is 130 Å². The zero-order valence-corrected chi connectivity index (χ0v) is 14.0. The van der Waals surface area contributed by atoms with Crippen molar-refractivity contribution in [3.8, 4) is 0 Å². The average Bonchev–Trinajstić information content (AvgIpc) is 2.49. The van der Waals surface area contributed by atoms with E-state index in [4.69, 9.17) is 0 Å². The lowest BCUT2D eigenvalue weighted by Crippen LogP contribution is -2.27. The molecule has 0 radical (unpaired) electrons. The third-order valence-electron chi connectivity index (χ3n) is 5.22. The second-order valence-electron chi connectivity index (χ2n) is 7.24. The predicted octanol–water partition coefficient (Wildman–Crippen LogP) is 5.32. The van der Waals surface area contributed by atoms with Crippen LogP contribution in [0.4, 0.5) is 0 Å². The number of rotatable bonds is 6. The Hall–Kier alpha value is -0.820. The van der Waals surface area contributed by atoms with Gasteiger partial charge in [0.25, 0.3) is 0 Å². The number of benzene rings is 1. The van der Waals surface area contributed by atoms with Gasteiger partial charge in [0.2, 0.25) is 0 Å². The molecule has 1 aromatic carbocycles. The van der Waals surface area contributed by atoms with Crippen molar-refractivity contribution in [3.63, 3.8) is 0 Å². The molecule has 1 nitrogen and oxygen atoms in total. The van der Waals surface area contributed by atoms with E-state index in [1.165, 1.54) is 49.7 Å². The van der Waals surface area contributed by atoms with Gasteiger partial charge in [0, 0.05) is 0 Å². The summed E-state index contributed by atoms with van der Waals surface area (Å²) < 4.78 is 0. The van der Waals surface area contributed by atoms with Gasteiger partial charge < -0.3 is 5.11 Å². The molecule has 0 aliphatic heterocycles. The monoisotopic (exact) mass is 288 g/mol. The first-order valence-corrected chi connectivity index (χ1v) is 8.87. The van der Waals surface area contributed by atoms with Crippen molar-refractivity contribution in [1.82, 2.24) is 0 Å². The van der Waals surface area contributed by atoms with Crippen LogP contribution in [0.1, 0.15) is 76.3 Å². The van der Waals surface area contributed by atoms with E-state index < -0.39 is 0 Å². The van der Waals surface area contributed by atoms with Crippen LogP contribution in [0, 0.1) is 11.8 Å². The van der Waals surface area contributed by atoms with E-state index >= 15 is 0 Å². The van der Waals surface area contributed by atoms with E-state index in [-0.39, 0.29) is 6.10 Å². The van der Waals surface area contributed by atoms with Crippen LogP contribution < -0.4 is 0 Å². The van der Waals surface area contributed by atoms with Crippen molar-refractivity contribution in [2.45, 2.75) is 77.7 Å². The fourth-order valence-corrected chi connectivity index (χ4v) is 3.72. The first-order chi connectivity index (χ1) is 10.1. The van der Waals surface area contributed by atoms with Gasteiger partial charge in [-0.1, -0.05) is 70.7 Å². The Morgan fingerprint density at radius 1 is 1.05 bits per heavy atom. The van der Waals surface area contributed by atoms with E-state index in [0.717, 1.165) is 12.3 Å². The molecule has 118 valence electrons. The number of aliphatic hydroxyl groups excluding tert-OH is 1. The zero-order valence-electron chi connectivity index (χ0n) is 14.0. The molecule has 1 unspecified atom stereocenters. The van der Waals surface area contributed by atoms with E-state index in [0.29, 0.717) is 11.8 Å². The first kappa shape index (κ1) is 16.5. The molecule has 0 aromatic heterocycles. The topological polar surface area (TPSA) is 20.2 Å². The summed E-state index contributed by atoms with van der Waals surface area (Å²) in [5.41, 5.74) is 2.66. The van der Waals surface area contributed by atoms with Gasteiger partial charge in [-0.25, -0.2) is 0 Å². The molecule has 1 heteroatoms. The molecule has 0 saturated heterocycles. The average molecular weight is 288 g/mol. The third kappa shape index (κ3) is 4.85. The van der Waals surface area contributed by atoms with Crippen LogP contribution >= 0.6 is 0 Å². The third-order valence-corrected chi connectivity index (χ3v) is 5.22. The molecule has 2 rings (SSSR count). The normalized spacial score (nSPS) is 24.2. The van der Waals surface area contributed by atoms with Crippen molar-refractivity contribution < 1.29 is 5.11 Å². The minimum absolute atomic E-state index is 0.155. The smallest absolute Gasteiger partial charge is 0.0608 e. The van der Waals surface area contributed by atoms with Crippen LogP contribution in [0.25, 0.3) is 0 Å². The van der Waals surface area contributed by atoms with Crippen molar-refractivity contribution in [3.05, 3.63) is 35.4 Å². The molecular formula is C20H32O. The van der Waals surface area contributed by atoms with E-state index in [1.54, 1.807) is 0 Å². The lowest BCUT2D eigenvalue weighted by molar-refractivity contribution is 0.0728. The molecule has 1 fully saturated rings. The summed E-state index contributed by atoms with van der Waals surface area (Å²) in [6, 6.07) is 8.82. The largest absolute Gasteiger partial charge is 0.392 e. The highest BCUT2D eigenvalue weighted by Crippen LogP contribution is 2.34. The van der Waals surface area contributed by atoms with Gasteiger partial charge in [0.1, 0.15) is 0 Å². The summed E-state index contributed by atoms with van der Waals surface area (Å²) in [4.78, 5) is 0. The molecular weight excluding hydrogens is 256 g/mol. The Kier molecular flexibility index (Phi) is 6.29.